The maximum atomic E-state index is 9.38. The molecule has 2 rings (SSSR count). The van der Waals surface area contributed by atoms with Crippen molar-refractivity contribution in [3.05, 3.63) is 34.6 Å². The summed E-state index contributed by atoms with van der Waals surface area (Å²) >= 11 is 6.22. The second kappa shape index (κ2) is 6.29. The third kappa shape index (κ3) is 3.29. The summed E-state index contributed by atoms with van der Waals surface area (Å²) in [5, 5.41) is 22.0. The largest absolute Gasteiger partial charge is 0.394 e. The van der Waals surface area contributed by atoms with Gasteiger partial charge in [-0.05, 0) is 30.2 Å². The van der Waals surface area contributed by atoms with Gasteiger partial charge in [0, 0.05) is 19.2 Å². The van der Waals surface area contributed by atoms with Gasteiger partial charge in [-0.2, -0.15) is 0 Å². The molecule has 0 saturated carbocycles. The number of aromatic nitrogens is 1. The number of hydrogen-bond acceptors (Lipinski definition) is 4. The minimum atomic E-state index is -0.758. The van der Waals surface area contributed by atoms with Gasteiger partial charge in [-0.25, -0.2) is 0 Å². The van der Waals surface area contributed by atoms with E-state index in [0.717, 1.165) is 36.3 Å². The maximum absolute atomic E-state index is 9.38. The number of pyridine rings is 1. The molecule has 0 radical (unpaired) electrons. The number of hydrogen-bond donors (Lipinski definition) is 3. The Hall–Kier alpha value is -0.940. The van der Waals surface area contributed by atoms with E-state index in [2.05, 4.69) is 16.4 Å². The van der Waals surface area contributed by atoms with Crippen molar-refractivity contribution in [2.75, 3.05) is 19.7 Å². The molecule has 1 aliphatic rings. The van der Waals surface area contributed by atoms with E-state index in [-0.39, 0.29) is 6.61 Å². The van der Waals surface area contributed by atoms with Gasteiger partial charge in [-0.1, -0.05) is 17.7 Å². The monoisotopic (exact) mass is 268 g/mol. The Balaban J connectivity index is 2.17. The summed E-state index contributed by atoms with van der Waals surface area (Å²) in [5.74, 6) is 0. The number of aliphatic hydroxyl groups excluding tert-OH is 2. The first-order valence-corrected chi connectivity index (χ1v) is 6.42. The minimum Gasteiger partial charge on any atom is -0.394 e. The fourth-order valence-electron chi connectivity index (χ4n) is 2.00. The highest BCUT2D eigenvalue weighted by Gasteiger charge is 2.12. The van der Waals surface area contributed by atoms with Crippen LogP contribution in [0.4, 0.5) is 0 Å². The van der Waals surface area contributed by atoms with Gasteiger partial charge in [-0.15, -0.1) is 0 Å². The molecule has 18 heavy (non-hydrogen) atoms. The lowest BCUT2D eigenvalue weighted by molar-refractivity contribution is 0.0954. The Morgan fingerprint density at radius 1 is 1.50 bits per heavy atom. The second-order valence-corrected chi connectivity index (χ2v) is 4.81. The van der Waals surface area contributed by atoms with Crippen LogP contribution < -0.4 is 5.32 Å². The molecule has 0 fully saturated rings. The molecule has 0 aliphatic carbocycles. The molecule has 1 aliphatic heterocycles. The van der Waals surface area contributed by atoms with E-state index in [1.54, 1.807) is 6.20 Å². The van der Waals surface area contributed by atoms with E-state index in [1.165, 1.54) is 0 Å². The van der Waals surface area contributed by atoms with Gasteiger partial charge in [0.2, 0.25) is 0 Å². The number of halogens is 1. The van der Waals surface area contributed by atoms with Crippen molar-refractivity contribution in [1.29, 1.82) is 0 Å². The van der Waals surface area contributed by atoms with Crippen molar-refractivity contribution in [3.63, 3.8) is 0 Å². The van der Waals surface area contributed by atoms with Gasteiger partial charge < -0.3 is 15.5 Å². The van der Waals surface area contributed by atoms with Gasteiger partial charge in [-0.3, -0.25) is 4.98 Å². The highest BCUT2D eigenvalue weighted by Crippen LogP contribution is 2.26. The van der Waals surface area contributed by atoms with Gasteiger partial charge in [0.05, 0.1) is 23.4 Å². The molecule has 1 aromatic heterocycles. The topological polar surface area (TPSA) is 65.4 Å². The predicted octanol–water partition coefficient (Wildman–Crippen LogP) is 1.01. The van der Waals surface area contributed by atoms with Crippen LogP contribution in [-0.2, 0) is 6.42 Å². The second-order valence-electron chi connectivity index (χ2n) is 4.40. The highest BCUT2D eigenvalue weighted by molar-refractivity contribution is 6.32. The third-order valence-corrected chi connectivity index (χ3v) is 3.24. The van der Waals surface area contributed by atoms with Crippen molar-refractivity contribution in [1.82, 2.24) is 10.3 Å². The first-order chi connectivity index (χ1) is 8.70. The molecule has 0 bridgehead atoms. The number of nitrogens with one attached hydrogen (secondary N) is 1. The number of aliphatic hydroxyl groups is 2. The minimum absolute atomic E-state index is 0.254. The Morgan fingerprint density at radius 3 is 2.94 bits per heavy atom. The SMILES string of the molecule is OC[C@@H](O)Cc1cnc(C2=CCNCC2)c(Cl)c1. The Labute approximate surface area is 111 Å². The van der Waals surface area contributed by atoms with Crippen LogP contribution >= 0.6 is 11.6 Å². The molecule has 5 heteroatoms. The summed E-state index contributed by atoms with van der Waals surface area (Å²) in [6.07, 6.45) is 4.34. The summed E-state index contributed by atoms with van der Waals surface area (Å²) in [5.41, 5.74) is 2.81. The summed E-state index contributed by atoms with van der Waals surface area (Å²) in [6, 6.07) is 1.81. The summed E-state index contributed by atoms with van der Waals surface area (Å²) in [7, 11) is 0. The van der Waals surface area contributed by atoms with Crippen molar-refractivity contribution in [2.45, 2.75) is 18.9 Å². The molecule has 4 nitrogen and oxygen atoms in total. The van der Waals surface area contributed by atoms with Crippen LogP contribution in [0.25, 0.3) is 5.57 Å². The lowest BCUT2D eigenvalue weighted by Gasteiger charge is -2.15. The summed E-state index contributed by atoms with van der Waals surface area (Å²) < 4.78 is 0. The van der Waals surface area contributed by atoms with E-state index in [0.29, 0.717) is 11.4 Å². The fourth-order valence-corrected chi connectivity index (χ4v) is 2.31. The van der Waals surface area contributed by atoms with E-state index in [4.69, 9.17) is 16.7 Å². The van der Waals surface area contributed by atoms with Crippen LogP contribution in [0.2, 0.25) is 5.02 Å². The fraction of sp³-hybridized carbons (Fsp3) is 0.462. The van der Waals surface area contributed by atoms with Gasteiger partial charge in [0.1, 0.15) is 0 Å². The number of nitrogens with zero attached hydrogens (tertiary/aromatic N) is 1. The molecule has 0 aromatic carbocycles. The molecule has 2 heterocycles. The van der Waals surface area contributed by atoms with E-state index in [1.807, 2.05) is 6.07 Å². The quantitative estimate of drug-likeness (QED) is 0.763. The Kier molecular flexibility index (Phi) is 4.72. The molecule has 0 amide bonds. The molecule has 0 saturated heterocycles. The normalized spacial score (nSPS) is 17.4. The first-order valence-electron chi connectivity index (χ1n) is 6.04. The van der Waals surface area contributed by atoms with Crippen molar-refractivity contribution in [3.8, 4) is 0 Å². The zero-order chi connectivity index (χ0) is 13.0. The zero-order valence-corrected chi connectivity index (χ0v) is 10.8. The average molecular weight is 269 g/mol. The first kappa shape index (κ1) is 13.5. The van der Waals surface area contributed by atoms with Crippen molar-refractivity contribution < 1.29 is 10.2 Å². The van der Waals surface area contributed by atoms with Crippen LogP contribution in [0.1, 0.15) is 17.7 Å². The summed E-state index contributed by atoms with van der Waals surface area (Å²) in [4.78, 5) is 4.37. The molecular weight excluding hydrogens is 252 g/mol. The van der Waals surface area contributed by atoms with Crippen LogP contribution in [-0.4, -0.2) is 41.0 Å². The molecule has 1 atom stereocenters. The van der Waals surface area contributed by atoms with Crippen molar-refractivity contribution >= 4 is 17.2 Å². The third-order valence-electron chi connectivity index (χ3n) is 2.95. The predicted molar refractivity (Wildman–Crippen MR) is 71.5 cm³/mol. The molecule has 0 spiro atoms. The molecule has 1 aromatic rings. The average Bonchev–Trinajstić information content (AvgIpc) is 2.40. The smallest absolute Gasteiger partial charge is 0.0845 e. The molecule has 98 valence electrons. The van der Waals surface area contributed by atoms with Crippen LogP contribution in [0, 0.1) is 0 Å². The van der Waals surface area contributed by atoms with Crippen LogP contribution in [0.5, 0.6) is 0 Å². The lowest BCUT2D eigenvalue weighted by Crippen LogP contribution is -2.20. The zero-order valence-electron chi connectivity index (χ0n) is 10.1. The molecule has 3 N–H and O–H groups in total. The van der Waals surface area contributed by atoms with Crippen molar-refractivity contribution in [2.24, 2.45) is 0 Å². The van der Waals surface area contributed by atoms with Gasteiger partial charge >= 0.3 is 0 Å². The highest BCUT2D eigenvalue weighted by atomic mass is 35.5. The standard InChI is InChI=1S/C13H17ClN2O2/c14-12-6-9(5-11(18)8-17)7-16-13(12)10-1-3-15-4-2-10/h1,6-7,11,15,17-18H,2-5,8H2/t11-/m0/s1. The van der Waals surface area contributed by atoms with E-state index < -0.39 is 6.10 Å². The van der Waals surface area contributed by atoms with Crippen LogP contribution in [0.3, 0.4) is 0 Å². The Bertz CT molecular complexity index is 449. The van der Waals surface area contributed by atoms with Gasteiger partial charge in [0.15, 0.2) is 0 Å². The van der Waals surface area contributed by atoms with E-state index >= 15 is 0 Å². The molecule has 0 unspecified atom stereocenters. The van der Waals surface area contributed by atoms with Crippen LogP contribution in [0.15, 0.2) is 18.3 Å². The summed E-state index contributed by atoms with van der Waals surface area (Å²) in [6.45, 7) is 1.53. The Morgan fingerprint density at radius 2 is 2.33 bits per heavy atom. The maximum Gasteiger partial charge on any atom is 0.0845 e. The molecular formula is C13H17ClN2O2. The lowest BCUT2D eigenvalue weighted by atomic mass is 10.0. The number of rotatable bonds is 4. The van der Waals surface area contributed by atoms with E-state index in [9.17, 15) is 5.11 Å². The van der Waals surface area contributed by atoms with Gasteiger partial charge in [0.25, 0.3) is 0 Å².